The van der Waals surface area contributed by atoms with Gasteiger partial charge >= 0.3 is 0 Å². The fraction of sp³-hybridized carbons (Fsp3) is 0.188. The Morgan fingerprint density at radius 1 is 1.15 bits per heavy atom. The van der Waals surface area contributed by atoms with Gasteiger partial charge in [0.25, 0.3) is 0 Å². The fourth-order valence-electron chi connectivity index (χ4n) is 2.06. The summed E-state index contributed by atoms with van der Waals surface area (Å²) in [7, 11) is 0. The quantitative estimate of drug-likeness (QED) is 0.630. The van der Waals surface area contributed by atoms with Gasteiger partial charge in [0, 0.05) is 5.56 Å². The highest BCUT2D eigenvalue weighted by Crippen LogP contribution is 2.29. The zero-order valence-electron chi connectivity index (χ0n) is 11.2. The Kier molecular flexibility index (Phi) is 3.22. The average molecular weight is 290 g/mol. The van der Waals surface area contributed by atoms with E-state index in [1.54, 1.807) is 6.07 Å². The molecule has 102 valence electrons. The van der Waals surface area contributed by atoms with Gasteiger partial charge in [-0.25, -0.2) is 9.37 Å². The lowest BCUT2D eigenvalue weighted by atomic mass is 10.0. The highest BCUT2D eigenvalue weighted by Gasteiger charge is 2.11. The number of nitrogens with zero attached hydrogens (tertiary/aromatic N) is 1. The molecule has 0 N–H and O–H groups in total. The summed E-state index contributed by atoms with van der Waals surface area (Å²) in [5.74, 6) is 0.427. The van der Waals surface area contributed by atoms with Gasteiger partial charge in [0.1, 0.15) is 11.3 Å². The molecule has 0 aliphatic carbocycles. The maximum atomic E-state index is 13.2. The zero-order valence-corrected chi connectivity index (χ0v) is 11.9. The molecule has 2 aromatic carbocycles. The van der Waals surface area contributed by atoms with Crippen molar-refractivity contribution in [3.63, 3.8) is 0 Å². The number of hydrogen-bond donors (Lipinski definition) is 0. The van der Waals surface area contributed by atoms with Gasteiger partial charge in [-0.3, -0.25) is 0 Å². The van der Waals surface area contributed by atoms with E-state index in [4.69, 9.17) is 16.0 Å². The molecular weight excluding hydrogens is 277 g/mol. The molecule has 1 heterocycles. The first kappa shape index (κ1) is 13.1. The molecule has 0 amide bonds. The van der Waals surface area contributed by atoms with Gasteiger partial charge in [0.15, 0.2) is 5.58 Å². The summed E-state index contributed by atoms with van der Waals surface area (Å²) in [5.41, 5.74) is 3.38. The van der Waals surface area contributed by atoms with E-state index in [1.165, 1.54) is 17.7 Å². The number of hydrogen-bond acceptors (Lipinski definition) is 2. The summed E-state index contributed by atoms with van der Waals surface area (Å²) in [6.45, 7) is 4.25. The number of oxazole rings is 1. The molecule has 3 aromatic rings. The predicted octanol–water partition coefficient (Wildman–Crippen LogP) is 5.41. The van der Waals surface area contributed by atoms with Crippen molar-refractivity contribution >= 4 is 22.7 Å². The van der Waals surface area contributed by atoms with Gasteiger partial charge in [-0.05, 0) is 41.8 Å². The SMILES string of the molecule is CC(C)c1ccc2oc(-c3ccc(F)c(Cl)c3)nc2c1. The van der Waals surface area contributed by atoms with Crippen molar-refractivity contribution < 1.29 is 8.81 Å². The number of rotatable bonds is 2. The molecule has 3 rings (SSSR count). The Hall–Kier alpha value is -1.87. The molecule has 0 aliphatic heterocycles. The normalized spacial score (nSPS) is 11.4. The second-order valence-electron chi connectivity index (χ2n) is 5.03. The van der Waals surface area contributed by atoms with Crippen molar-refractivity contribution in [3.8, 4) is 11.5 Å². The third-order valence-corrected chi connectivity index (χ3v) is 3.53. The van der Waals surface area contributed by atoms with Gasteiger partial charge in [-0.2, -0.15) is 0 Å². The summed E-state index contributed by atoms with van der Waals surface area (Å²) in [5, 5.41) is 0.0626. The summed E-state index contributed by atoms with van der Waals surface area (Å²) in [6, 6.07) is 10.4. The Morgan fingerprint density at radius 3 is 2.65 bits per heavy atom. The molecule has 0 saturated carbocycles. The third-order valence-electron chi connectivity index (χ3n) is 3.24. The topological polar surface area (TPSA) is 26.0 Å². The van der Waals surface area contributed by atoms with Crippen LogP contribution in [0.1, 0.15) is 25.3 Å². The lowest BCUT2D eigenvalue weighted by Gasteiger charge is -2.02. The number of benzene rings is 2. The van der Waals surface area contributed by atoms with E-state index in [0.717, 1.165) is 5.52 Å². The molecule has 0 radical (unpaired) electrons. The van der Waals surface area contributed by atoms with Crippen LogP contribution in [0.3, 0.4) is 0 Å². The van der Waals surface area contributed by atoms with Crippen LogP contribution in [0.2, 0.25) is 5.02 Å². The molecule has 0 unspecified atom stereocenters. The first-order valence-corrected chi connectivity index (χ1v) is 6.78. The lowest BCUT2D eigenvalue weighted by molar-refractivity contribution is 0.616. The minimum Gasteiger partial charge on any atom is -0.436 e. The molecular formula is C16H13ClFNO. The van der Waals surface area contributed by atoms with E-state index < -0.39 is 5.82 Å². The summed E-state index contributed by atoms with van der Waals surface area (Å²) < 4.78 is 18.9. The molecule has 0 fully saturated rings. The van der Waals surface area contributed by atoms with Crippen molar-refractivity contribution in [1.29, 1.82) is 0 Å². The van der Waals surface area contributed by atoms with Crippen molar-refractivity contribution in [2.24, 2.45) is 0 Å². The number of fused-ring (bicyclic) bond motifs is 1. The second-order valence-corrected chi connectivity index (χ2v) is 5.44. The Balaban J connectivity index is 2.10. The van der Waals surface area contributed by atoms with Crippen LogP contribution in [0, 0.1) is 5.82 Å². The lowest BCUT2D eigenvalue weighted by Crippen LogP contribution is -1.85. The third kappa shape index (κ3) is 2.29. The Labute approximate surface area is 121 Å². The fourth-order valence-corrected chi connectivity index (χ4v) is 2.24. The molecule has 0 atom stereocenters. The molecule has 0 spiro atoms. The maximum absolute atomic E-state index is 13.2. The molecule has 1 aromatic heterocycles. The summed E-state index contributed by atoms with van der Waals surface area (Å²) in [6.07, 6.45) is 0. The van der Waals surface area contributed by atoms with E-state index in [0.29, 0.717) is 23.0 Å². The van der Waals surface area contributed by atoms with E-state index in [2.05, 4.69) is 18.8 Å². The predicted molar refractivity (Wildman–Crippen MR) is 78.5 cm³/mol. The second kappa shape index (κ2) is 4.91. The largest absolute Gasteiger partial charge is 0.436 e. The monoisotopic (exact) mass is 289 g/mol. The first-order chi connectivity index (χ1) is 9.54. The molecule has 0 aliphatic rings. The highest BCUT2D eigenvalue weighted by molar-refractivity contribution is 6.31. The minimum absolute atomic E-state index is 0.0626. The molecule has 0 bridgehead atoms. The van der Waals surface area contributed by atoms with Crippen LogP contribution >= 0.6 is 11.6 Å². The van der Waals surface area contributed by atoms with Crippen LogP contribution in [0.15, 0.2) is 40.8 Å². The van der Waals surface area contributed by atoms with Crippen LogP contribution in [-0.4, -0.2) is 4.98 Å². The maximum Gasteiger partial charge on any atom is 0.227 e. The Morgan fingerprint density at radius 2 is 1.95 bits per heavy atom. The number of halogens is 2. The summed E-state index contributed by atoms with van der Waals surface area (Å²) >= 11 is 5.78. The van der Waals surface area contributed by atoms with Gasteiger partial charge in [0.05, 0.1) is 5.02 Å². The summed E-state index contributed by atoms with van der Waals surface area (Å²) in [4.78, 5) is 4.45. The van der Waals surface area contributed by atoms with Crippen LogP contribution in [0.5, 0.6) is 0 Å². The highest BCUT2D eigenvalue weighted by atomic mass is 35.5. The van der Waals surface area contributed by atoms with E-state index in [9.17, 15) is 4.39 Å². The van der Waals surface area contributed by atoms with Gasteiger partial charge < -0.3 is 4.42 Å². The average Bonchev–Trinajstić information content (AvgIpc) is 2.84. The Bertz CT molecular complexity index is 779. The van der Waals surface area contributed by atoms with E-state index in [-0.39, 0.29) is 5.02 Å². The van der Waals surface area contributed by atoms with Crippen molar-refractivity contribution in [2.75, 3.05) is 0 Å². The van der Waals surface area contributed by atoms with Crippen LogP contribution in [0.4, 0.5) is 4.39 Å². The molecule has 4 heteroatoms. The zero-order chi connectivity index (χ0) is 14.3. The van der Waals surface area contributed by atoms with Crippen LogP contribution in [-0.2, 0) is 0 Å². The van der Waals surface area contributed by atoms with Crippen molar-refractivity contribution in [2.45, 2.75) is 19.8 Å². The van der Waals surface area contributed by atoms with Crippen LogP contribution < -0.4 is 0 Å². The van der Waals surface area contributed by atoms with Gasteiger partial charge in [0.2, 0.25) is 5.89 Å². The minimum atomic E-state index is -0.450. The smallest absolute Gasteiger partial charge is 0.227 e. The molecule has 0 saturated heterocycles. The molecule has 20 heavy (non-hydrogen) atoms. The van der Waals surface area contributed by atoms with Crippen LogP contribution in [0.25, 0.3) is 22.6 Å². The number of aromatic nitrogens is 1. The van der Waals surface area contributed by atoms with E-state index in [1.807, 2.05) is 18.2 Å². The van der Waals surface area contributed by atoms with Gasteiger partial charge in [-0.1, -0.05) is 31.5 Å². The van der Waals surface area contributed by atoms with E-state index >= 15 is 0 Å². The molecule has 2 nitrogen and oxygen atoms in total. The van der Waals surface area contributed by atoms with Crippen molar-refractivity contribution in [1.82, 2.24) is 4.98 Å². The van der Waals surface area contributed by atoms with Gasteiger partial charge in [-0.15, -0.1) is 0 Å². The first-order valence-electron chi connectivity index (χ1n) is 6.40. The standard InChI is InChI=1S/C16H13ClFNO/c1-9(2)10-4-6-15-14(8-10)19-16(20-15)11-3-5-13(18)12(17)7-11/h3-9H,1-2H3. The van der Waals surface area contributed by atoms with Crippen molar-refractivity contribution in [3.05, 3.63) is 52.8 Å².